The molecule has 0 bridgehead atoms. The molecule has 1 aliphatic rings. The lowest BCUT2D eigenvalue weighted by Crippen LogP contribution is -2.58. The normalized spacial score (nSPS) is 17.6. The van der Waals surface area contributed by atoms with Crippen molar-refractivity contribution in [1.29, 1.82) is 0 Å². The van der Waals surface area contributed by atoms with E-state index in [0.717, 1.165) is 0 Å². The van der Waals surface area contributed by atoms with E-state index in [4.69, 9.17) is 0 Å². The third-order valence-corrected chi connectivity index (χ3v) is 3.00. The maximum atomic E-state index is 12.9. The highest BCUT2D eigenvalue weighted by Gasteiger charge is 2.64. The largest absolute Gasteiger partial charge is 0.463 e. The third-order valence-electron chi connectivity index (χ3n) is 3.00. The van der Waals surface area contributed by atoms with Crippen molar-refractivity contribution in [2.45, 2.75) is 25.9 Å². The Morgan fingerprint density at radius 3 is 1.65 bits per heavy atom. The summed E-state index contributed by atoms with van der Waals surface area (Å²) in [6.45, 7) is 2.55. The fourth-order valence-corrected chi connectivity index (χ4v) is 1.81. The second-order valence-corrected chi connectivity index (χ2v) is 4.84. The van der Waals surface area contributed by atoms with Crippen LogP contribution in [-0.2, 0) is 9.59 Å². The number of alkyl halides is 5. The molecule has 0 saturated carbocycles. The minimum Gasteiger partial charge on any atom is -0.339 e. The Morgan fingerprint density at radius 2 is 1.30 bits per heavy atom. The number of carbonyl (C=O) groups excluding carboxylic acids is 2. The number of nitrogens with zero attached hydrogens (tertiary/aromatic N) is 2. The Hall–Kier alpha value is -1.41. The molecular weight excluding hydrogens is 287 g/mol. The highest BCUT2D eigenvalue weighted by molar-refractivity contribution is 5.85. The van der Waals surface area contributed by atoms with Crippen LogP contribution in [-0.4, -0.2) is 59.9 Å². The fraction of sp³-hybridized carbons (Fsp3) is 0.818. The van der Waals surface area contributed by atoms with E-state index < -0.39 is 18.0 Å². The van der Waals surface area contributed by atoms with E-state index in [1.54, 1.807) is 13.8 Å². The van der Waals surface area contributed by atoms with Crippen LogP contribution < -0.4 is 0 Å². The molecule has 0 aliphatic carbocycles. The second-order valence-electron chi connectivity index (χ2n) is 4.84. The van der Waals surface area contributed by atoms with Crippen molar-refractivity contribution >= 4 is 11.8 Å². The molecule has 0 spiro atoms. The standard InChI is InChI=1S/C11H15F5N2O2/c1-7(2)8(19)17-3-5-18(6-4-17)9(20)10(12,13)11(14,15)16/h7H,3-6H2,1-2H3. The topological polar surface area (TPSA) is 40.6 Å². The van der Waals surface area contributed by atoms with Crippen molar-refractivity contribution in [3.63, 3.8) is 0 Å². The number of halogens is 5. The van der Waals surface area contributed by atoms with Gasteiger partial charge in [0.15, 0.2) is 0 Å². The highest BCUT2D eigenvalue weighted by atomic mass is 19.4. The van der Waals surface area contributed by atoms with E-state index in [1.807, 2.05) is 0 Å². The van der Waals surface area contributed by atoms with Gasteiger partial charge in [-0.1, -0.05) is 13.8 Å². The molecule has 20 heavy (non-hydrogen) atoms. The fourth-order valence-electron chi connectivity index (χ4n) is 1.81. The quantitative estimate of drug-likeness (QED) is 0.726. The van der Waals surface area contributed by atoms with Crippen LogP contribution in [0.3, 0.4) is 0 Å². The molecule has 0 aromatic carbocycles. The number of piperazine rings is 1. The predicted molar refractivity (Wildman–Crippen MR) is 59.0 cm³/mol. The van der Waals surface area contributed by atoms with Gasteiger partial charge in [0.1, 0.15) is 0 Å². The van der Waals surface area contributed by atoms with Gasteiger partial charge in [0, 0.05) is 32.1 Å². The summed E-state index contributed by atoms with van der Waals surface area (Å²) in [4.78, 5) is 24.6. The van der Waals surface area contributed by atoms with Crippen LogP contribution in [0.4, 0.5) is 22.0 Å². The average molecular weight is 302 g/mol. The number of rotatable bonds is 2. The van der Waals surface area contributed by atoms with E-state index in [2.05, 4.69) is 0 Å². The first-order chi connectivity index (χ1) is 8.98. The van der Waals surface area contributed by atoms with Crippen LogP contribution in [0.25, 0.3) is 0 Å². The minimum atomic E-state index is -5.91. The van der Waals surface area contributed by atoms with Gasteiger partial charge in [-0.3, -0.25) is 9.59 Å². The van der Waals surface area contributed by atoms with E-state index in [9.17, 15) is 31.5 Å². The molecule has 1 heterocycles. The van der Waals surface area contributed by atoms with E-state index in [1.165, 1.54) is 4.90 Å². The summed E-state index contributed by atoms with van der Waals surface area (Å²) < 4.78 is 62.1. The smallest absolute Gasteiger partial charge is 0.339 e. The maximum Gasteiger partial charge on any atom is 0.463 e. The minimum absolute atomic E-state index is 0.0449. The molecule has 0 unspecified atom stereocenters. The zero-order chi connectivity index (χ0) is 15.7. The second kappa shape index (κ2) is 5.53. The first-order valence-electron chi connectivity index (χ1n) is 6.01. The molecule has 0 N–H and O–H groups in total. The summed E-state index contributed by atoms with van der Waals surface area (Å²) in [6.07, 6.45) is -5.91. The van der Waals surface area contributed by atoms with Gasteiger partial charge >= 0.3 is 18.0 Å². The van der Waals surface area contributed by atoms with Gasteiger partial charge in [-0.25, -0.2) is 0 Å². The molecule has 0 radical (unpaired) electrons. The molecule has 1 aliphatic heterocycles. The van der Waals surface area contributed by atoms with Crippen LogP contribution in [0, 0.1) is 5.92 Å². The molecule has 1 rings (SSSR count). The SMILES string of the molecule is CC(C)C(=O)N1CCN(C(=O)C(F)(F)C(F)(F)F)CC1. The summed E-state index contributed by atoms with van der Waals surface area (Å²) >= 11 is 0. The van der Waals surface area contributed by atoms with Gasteiger partial charge in [0.05, 0.1) is 0 Å². The average Bonchev–Trinajstić information content (AvgIpc) is 2.35. The van der Waals surface area contributed by atoms with Gasteiger partial charge < -0.3 is 9.80 Å². The zero-order valence-electron chi connectivity index (χ0n) is 11.0. The molecule has 2 amide bonds. The first-order valence-corrected chi connectivity index (χ1v) is 6.01. The number of carbonyl (C=O) groups is 2. The van der Waals surface area contributed by atoms with Crippen molar-refractivity contribution in [3.8, 4) is 0 Å². The van der Waals surface area contributed by atoms with E-state index in [0.29, 0.717) is 4.90 Å². The third kappa shape index (κ3) is 3.18. The van der Waals surface area contributed by atoms with Crippen LogP contribution >= 0.6 is 0 Å². The zero-order valence-corrected chi connectivity index (χ0v) is 11.0. The maximum absolute atomic E-state index is 12.9. The molecule has 1 fully saturated rings. The van der Waals surface area contributed by atoms with Gasteiger partial charge in [-0.15, -0.1) is 0 Å². The Balaban J connectivity index is 2.67. The lowest BCUT2D eigenvalue weighted by Gasteiger charge is -2.37. The van der Waals surface area contributed by atoms with Gasteiger partial charge in [0.2, 0.25) is 5.91 Å². The van der Waals surface area contributed by atoms with Crippen LogP contribution in [0.2, 0.25) is 0 Å². The Bertz CT molecular complexity index is 387. The summed E-state index contributed by atoms with van der Waals surface area (Å²) in [7, 11) is 0. The van der Waals surface area contributed by atoms with Crippen LogP contribution in [0.15, 0.2) is 0 Å². The molecule has 9 heteroatoms. The molecule has 0 aromatic heterocycles. The van der Waals surface area contributed by atoms with Crippen molar-refractivity contribution in [2.75, 3.05) is 26.2 Å². The summed E-state index contributed by atoms with van der Waals surface area (Å²) in [5.74, 6) is -8.17. The Morgan fingerprint density at radius 1 is 0.900 bits per heavy atom. The number of hydrogen-bond acceptors (Lipinski definition) is 2. The van der Waals surface area contributed by atoms with Gasteiger partial charge in [0.25, 0.3) is 0 Å². The number of amides is 2. The van der Waals surface area contributed by atoms with Crippen molar-refractivity contribution in [2.24, 2.45) is 5.92 Å². The van der Waals surface area contributed by atoms with Crippen molar-refractivity contribution in [3.05, 3.63) is 0 Å². The van der Waals surface area contributed by atoms with E-state index >= 15 is 0 Å². The predicted octanol–water partition coefficient (Wildman–Crippen LogP) is 1.51. The Kier molecular flexibility index (Phi) is 4.60. The van der Waals surface area contributed by atoms with Gasteiger partial charge in [-0.05, 0) is 0 Å². The van der Waals surface area contributed by atoms with E-state index in [-0.39, 0.29) is 38.0 Å². The molecule has 4 nitrogen and oxygen atoms in total. The number of hydrogen-bond donors (Lipinski definition) is 0. The summed E-state index contributed by atoms with van der Waals surface area (Å²) in [6, 6.07) is 0. The monoisotopic (exact) mass is 302 g/mol. The lowest BCUT2D eigenvalue weighted by atomic mass is 10.1. The summed E-state index contributed by atoms with van der Waals surface area (Å²) in [5, 5.41) is 0. The summed E-state index contributed by atoms with van der Waals surface area (Å²) in [5.41, 5.74) is 0. The molecule has 0 atom stereocenters. The van der Waals surface area contributed by atoms with Crippen molar-refractivity contribution < 1.29 is 31.5 Å². The molecular formula is C11H15F5N2O2. The van der Waals surface area contributed by atoms with Crippen LogP contribution in [0.5, 0.6) is 0 Å². The lowest BCUT2D eigenvalue weighted by molar-refractivity contribution is -0.274. The molecule has 116 valence electrons. The molecule has 0 aromatic rings. The first kappa shape index (κ1) is 16.6. The highest BCUT2D eigenvalue weighted by Crippen LogP contribution is 2.37. The molecule has 1 saturated heterocycles. The van der Waals surface area contributed by atoms with Gasteiger partial charge in [-0.2, -0.15) is 22.0 Å². The Labute approximate surface area is 112 Å². The van der Waals surface area contributed by atoms with Crippen LogP contribution in [0.1, 0.15) is 13.8 Å². The van der Waals surface area contributed by atoms with Crippen molar-refractivity contribution in [1.82, 2.24) is 9.80 Å².